The maximum atomic E-state index is 11.8. The first-order valence-corrected chi connectivity index (χ1v) is 8.87. The highest BCUT2D eigenvalue weighted by molar-refractivity contribution is 7.15. The predicted octanol–water partition coefficient (Wildman–Crippen LogP) is 0.877. The first-order chi connectivity index (χ1) is 11.1. The first-order valence-electron chi connectivity index (χ1n) is 8.05. The number of carbonyl (C=O) groups excluding carboxylic acids is 2. The van der Waals surface area contributed by atoms with E-state index in [0.29, 0.717) is 17.6 Å². The molecule has 126 valence electrons. The smallest absolute Gasteiger partial charge is 0.321 e. The van der Waals surface area contributed by atoms with Gasteiger partial charge in [0.1, 0.15) is 5.01 Å². The average Bonchev–Trinajstić information content (AvgIpc) is 3.07. The van der Waals surface area contributed by atoms with Gasteiger partial charge in [0.25, 0.3) is 0 Å². The van der Waals surface area contributed by atoms with Crippen LogP contribution in [-0.4, -0.2) is 52.7 Å². The summed E-state index contributed by atoms with van der Waals surface area (Å²) in [4.78, 5) is 25.2. The number of carbonyl (C=O) groups is 2. The van der Waals surface area contributed by atoms with Crippen LogP contribution in [-0.2, 0) is 4.79 Å². The summed E-state index contributed by atoms with van der Waals surface area (Å²) in [5.74, 6) is 0.292. The molecule has 1 aromatic rings. The van der Waals surface area contributed by atoms with E-state index in [-0.39, 0.29) is 18.0 Å². The van der Waals surface area contributed by atoms with Gasteiger partial charge in [0.05, 0.1) is 6.04 Å². The number of amides is 3. The van der Waals surface area contributed by atoms with Gasteiger partial charge in [-0.25, -0.2) is 4.79 Å². The molecule has 1 aliphatic carbocycles. The maximum Gasteiger partial charge on any atom is 0.321 e. The summed E-state index contributed by atoms with van der Waals surface area (Å²) in [5.41, 5.74) is 5.38. The van der Waals surface area contributed by atoms with Crippen molar-refractivity contribution in [2.24, 2.45) is 5.73 Å². The van der Waals surface area contributed by atoms with Gasteiger partial charge in [-0.2, -0.15) is 0 Å². The van der Waals surface area contributed by atoms with E-state index >= 15 is 0 Å². The van der Waals surface area contributed by atoms with Crippen molar-refractivity contribution >= 4 is 28.4 Å². The van der Waals surface area contributed by atoms with Gasteiger partial charge in [0.2, 0.25) is 11.0 Å². The predicted molar refractivity (Wildman–Crippen MR) is 87.3 cm³/mol. The second kappa shape index (κ2) is 7.22. The van der Waals surface area contributed by atoms with Crippen molar-refractivity contribution in [3.05, 3.63) is 5.01 Å². The van der Waals surface area contributed by atoms with E-state index in [0.717, 1.165) is 37.4 Å². The third-order valence-electron chi connectivity index (χ3n) is 4.19. The van der Waals surface area contributed by atoms with Crippen LogP contribution < -0.4 is 16.4 Å². The van der Waals surface area contributed by atoms with Crippen LogP contribution in [0.1, 0.15) is 43.0 Å². The average molecular weight is 338 g/mol. The number of nitrogens with zero attached hydrogens (tertiary/aromatic N) is 3. The maximum absolute atomic E-state index is 11.8. The van der Waals surface area contributed by atoms with Crippen LogP contribution in [0, 0.1) is 0 Å². The molecule has 0 radical (unpaired) electrons. The number of urea groups is 1. The number of rotatable bonds is 7. The Morgan fingerprint density at radius 1 is 1.30 bits per heavy atom. The van der Waals surface area contributed by atoms with Gasteiger partial charge >= 0.3 is 6.03 Å². The molecule has 1 saturated heterocycles. The normalized spacial score (nSPS) is 21.3. The number of primary amides is 1. The molecule has 3 amide bonds. The summed E-state index contributed by atoms with van der Waals surface area (Å²) in [6, 6.07) is -0.414. The summed E-state index contributed by atoms with van der Waals surface area (Å²) in [6.07, 6.45) is 4.96. The lowest BCUT2D eigenvalue weighted by atomic mass is 10.2. The summed E-state index contributed by atoms with van der Waals surface area (Å²) in [6.45, 7) is 2.20. The molecule has 0 aromatic carbocycles. The van der Waals surface area contributed by atoms with E-state index < -0.39 is 0 Å². The molecular weight excluding hydrogens is 316 g/mol. The van der Waals surface area contributed by atoms with Crippen molar-refractivity contribution in [1.29, 1.82) is 0 Å². The third-order valence-corrected chi connectivity index (χ3v) is 5.19. The summed E-state index contributed by atoms with van der Waals surface area (Å²) < 4.78 is 0. The highest BCUT2D eigenvalue weighted by atomic mass is 32.1. The number of hydrogen-bond acceptors (Lipinski definition) is 6. The first kappa shape index (κ1) is 16.1. The molecule has 2 heterocycles. The fraction of sp³-hybridized carbons (Fsp3) is 0.714. The Bertz CT molecular complexity index is 573. The van der Waals surface area contributed by atoms with E-state index in [9.17, 15) is 9.59 Å². The lowest BCUT2D eigenvalue weighted by Gasteiger charge is -2.21. The number of hydrogen-bond donors (Lipinski definition) is 3. The number of anilines is 1. The standard InChI is InChI=1S/C14H22N6O2S/c15-11(21)10-3-1-7-20(10)8-2-6-16-13(22)17-14-19-18-12(23-14)9-4-5-9/h9-10H,1-8H2,(H2,15,21)(H2,16,17,19,22)/t10-/m1/s1. The third kappa shape index (κ3) is 4.38. The largest absolute Gasteiger partial charge is 0.368 e. The van der Waals surface area contributed by atoms with Crippen LogP contribution in [0.15, 0.2) is 0 Å². The minimum atomic E-state index is -0.267. The lowest BCUT2D eigenvalue weighted by Crippen LogP contribution is -2.41. The second-order valence-electron chi connectivity index (χ2n) is 6.05. The Kier molecular flexibility index (Phi) is 5.06. The van der Waals surface area contributed by atoms with Crippen LogP contribution in [0.4, 0.5) is 9.93 Å². The Morgan fingerprint density at radius 3 is 2.87 bits per heavy atom. The summed E-state index contributed by atoms with van der Waals surface area (Å²) in [7, 11) is 0. The number of likely N-dealkylation sites (tertiary alicyclic amines) is 1. The molecule has 1 aromatic heterocycles. The van der Waals surface area contributed by atoms with Crippen LogP contribution in [0.25, 0.3) is 0 Å². The van der Waals surface area contributed by atoms with Crippen molar-refractivity contribution in [2.45, 2.75) is 44.1 Å². The fourth-order valence-electron chi connectivity index (χ4n) is 2.82. The number of aromatic nitrogens is 2. The van der Waals surface area contributed by atoms with Crippen LogP contribution in [0.5, 0.6) is 0 Å². The highest BCUT2D eigenvalue weighted by Gasteiger charge is 2.28. The van der Waals surface area contributed by atoms with Gasteiger partial charge in [0, 0.05) is 19.0 Å². The van der Waals surface area contributed by atoms with Gasteiger partial charge in [-0.3, -0.25) is 15.0 Å². The topological polar surface area (TPSA) is 113 Å². The SMILES string of the molecule is NC(=O)[C@H]1CCCN1CCCNC(=O)Nc1nnc(C2CC2)s1. The van der Waals surface area contributed by atoms with Crippen molar-refractivity contribution in [2.75, 3.05) is 25.0 Å². The molecule has 0 unspecified atom stereocenters. The van der Waals surface area contributed by atoms with E-state index in [2.05, 4.69) is 25.7 Å². The van der Waals surface area contributed by atoms with Gasteiger partial charge < -0.3 is 11.1 Å². The number of nitrogens with one attached hydrogen (secondary N) is 2. The molecule has 9 heteroatoms. The highest BCUT2D eigenvalue weighted by Crippen LogP contribution is 2.41. The van der Waals surface area contributed by atoms with Crippen molar-refractivity contribution in [3.63, 3.8) is 0 Å². The zero-order chi connectivity index (χ0) is 16.2. The van der Waals surface area contributed by atoms with Crippen molar-refractivity contribution < 1.29 is 9.59 Å². The number of nitrogens with two attached hydrogens (primary N) is 1. The summed E-state index contributed by atoms with van der Waals surface area (Å²) >= 11 is 1.44. The molecular formula is C14H22N6O2S. The molecule has 0 spiro atoms. The minimum Gasteiger partial charge on any atom is -0.368 e. The minimum absolute atomic E-state index is 0.147. The Morgan fingerprint density at radius 2 is 2.13 bits per heavy atom. The molecule has 23 heavy (non-hydrogen) atoms. The van der Waals surface area contributed by atoms with E-state index in [1.165, 1.54) is 24.2 Å². The molecule has 2 fully saturated rings. The quantitative estimate of drug-likeness (QED) is 0.639. The van der Waals surface area contributed by atoms with Gasteiger partial charge in [-0.15, -0.1) is 10.2 Å². The van der Waals surface area contributed by atoms with Crippen LogP contribution >= 0.6 is 11.3 Å². The Labute approximate surface area is 138 Å². The molecule has 2 aliphatic rings. The van der Waals surface area contributed by atoms with E-state index in [1.807, 2.05) is 0 Å². The van der Waals surface area contributed by atoms with Gasteiger partial charge in [-0.05, 0) is 38.6 Å². The monoisotopic (exact) mass is 338 g/mol. The zero-order valence-electron chi connectivity index (χ0n) is 13.0. The lowest BCUT2D eigenvalue weighted by molar-refractivity contribution is -0.122. The van der Waals surface area contributed by atoms with E-state index in [4.69, 9.17) is 5.73 Å². The summed E-state index contributed by atoms with van der Waals surface area (Å²) in [5, 5.41) is 15.1. The molecule has 4 N–H and O–H groups in total. The van der Waals surface area contributed by atoms with Crippen molar-refractivity contribution in [3.8, 4) is 0 Å². The Hall–Kier alpha value is -1.74. The fourth-order valence-corrected chi connectivity index (χ4v) is 3.73. The van der Waals surface area contributed by atoms with Gasteiger partial charge in [-0.1, -0.05) is 11.3 Å². The van der Waals surface area contributed by atoms with E-state index in [1.54, 1.807) is 0 Å². The molecule has 8 nitrogen and oxygen atoms in total. The Balaban J connectivity index is 1.33. The van der Waals surface area contributed by atoms with Crippen LogP contribution in [0.3, 0.4) is 0 Å². The zero-order valence-corrected chi connectivity index (χ0v) is 13.8. The second-order valence-corrected chi connectivity index (χ2v) is 7.06. The molecule has 1 aliphatic heterocycles. The molecule has 1 atom stereocenters. The molecule has 3 rings (SSSR count). The van der Waals surface area contributed by atoms with Crippen molar-refractivity contribution in [1.82, 2.24) is 20.4 Å². The molecule has 0 bridgehead atoms. The molecule has 1 saturated carbocycles. The van der Waals surface area contributed by atoms with Crippen LogP contribution in [0.2, 0.25) is 0 Å². The van der Waals surface area contributed by atoms with Gasteiger partial charge in [0.15, 0.2) is 0 Å².